The summed E-state index contributed by atoms with van der Waals surface area (Å²) in [4.78, 5) is 32.2. The van der Waals surface area contributed by atoms with E-state index in [1.54, 1.807) is 0 Å². The highest BCUT2D eigenvalue weighted by Crippen LogP contribution is 2.22. The van der Waals surface area contributed by atoms with Crippen LogP contribution in [0.1, 0.15) is 34.3 Å². The zero-order valence-electron chi connectivity index (χ0n) is 17.1. The molecule has 2 saturated heterocycles. The van der Waals surface area contributed by atoms with Gasteiger partial charge < -0.3 is 9.80 Å². The van der Waals surface area contributed by atoms with Gasteiger partial charge in [0.2, 0.25) is 5.91 Å². The van der Waals surface area contributed by atoms with Gasteiger partial charge >= 0.3 is 0 Å². The molecule has 2 fully saturated rings. The predicted molar refractivity (Wildman–Crippen MR) is 114 cm³/mol. The van der Waals surface area contributed by atoms with E-state index in [-0.39, 0.29) is 17.9 Å². The topological polar surface area (TPSA) is 43.9 Å². The van der Waals surface area contributed by atoms with Gasteiger partial charge in [0.05, 0.1) is 6.04 Å². The summed E-state index contributed by atoms with van der Waals surface area (Å²) in [6.45, 7) is 6.52. The number of amides is 2. The molecule has 2 aliphatic heterocycles. The number of hydrogen-bond donors (Lipinski definition) is 0. The van der Waals surface area contributed by atoms with Crippen molar-refractivity contribution in [2.75, 3.05) is 32.7 Å². The van der Waals surface area contributed by atoms with Crippen molar-refractivity contribution < 1.29 is 9.59 Å². The summed E-state index contributed by atoms with van der Waals surface area (Å²) in [6.07, 6.45) is 1.78. The van der Waals surface area contributed by atoms with E-state index < -0.39 is 0 Å². The maximum absolute atomic E-state index is 13.0. The minimum Gasteiger partial charge on any atom is -0.337 e. The molecule has 0 spiro atoms. The Balaban J connectivity index is 1.37. The number of carbonyl (C=O) groups is 2. The Morgan fingerprint density at radius 1 is 0.931 bits per heavy atom. The van der Waals surface area contributed by atoms with E-state index in [4.69, 9.17) is 0 Å². The Hall–Kier alpha value is -2.66. The Kier molecular flexibility index (Phi) is 5.95. The van der Waals surface area contributed by atoms with Crippen LogP contribution in [0.5, 0.6) is 0 Å². The van der Waals surface area contributed by atoms with Crippen LogP contribution in [0.4, 0.5) is 0 Å². The quantitative estimate of drug-likeness (QED) is 0.805. The van der Waals surface area contributed by atoms with Crippen molar-refractivity contribution in [2.45, 2.75) is 32.4 Å². The summed E-state index contributed by atoms with van der Waals surface area (Å²) in [5.74, 6) is 0.334. The molecule has 0 saturated carbocycles. The first-order valence-corrected chi connectivity index (χ1v) is 10.5. The third kappa shape index (κ3) is 4.35. The first kappa shape index (κ1) is 19.6. The lowest BCUT2D eigenvalue weighted by atomic mass is 10.1. The van der Waals surface area contributed by atoms with Gasteiger partial charge in [0.15, 0.2) is 0 Å². The second kappa shape index (κ2) is 8.78. The highest BCUT2D eigenvalue weighted by molar-refractivity contribution is 5.95. The molecule has 2 aromatic carbocycles. The SMILES string of the molecule is Cc1ccccc1C(=O)N1CCCN([C@H]2CCN(Cc3ccccc3)C2=O)CC1. The maximum Gasteiger partial charge on any atom is 0.254 e. The molecule has 1 atom stereocenters. The van der Waals surface area contributed by atoms with Gasteiger partial charge in [0.25, 0.3) is 5.91 Å². The van der Waals surface area contributed by atoms with Gasteiger partial charge in [-0.3, -0.25) is 14.5 Å². The Morgan fingerprint density at radius 3 is 2.48 bits per heavy atom. The van der Waals surface area contributed by atoms with Crippen LogP contribution >= 0.6 is 0 Å². The van der Waals surface area contributed by atoms with Crippen LogP contribution in [-0.2, 0) is 11.3 Å². The molecule has 2 amide bonds. The van der Waals surface area contributed by atoms with Gasteiger partial charge in [-0.05, 0) is 37.0 Å². The fourth-order valence-corrected chi connectivity index (χ4v) is 4.46. The number of aryl methyl sites for hydroxylation is 1. The lowest BCUT2D eigenvalue weighted by molar-refractivity contribution is -0.132. The molecule has 29 heavy (non-hydrogen) atoms. The van der Waals surface area contributed by atoms with Crippen LogP contribution in [0.3, 0.4) is 0 Å². The predicted octanol–water partition coefficient (Wildman–Crippen LogP) is 2.94. The summed E-state index contributed by atoms with van der Waals surface area (Å²) in [7, 11) is 0. The van der Waals surface area contributed by atoms with Gasteiger partial charge in [0.1, 0.15) is 0 Å². The van der Waals surface area contributed by atoms with Crippen molar-refractivity contribution in [1.29, 1.82) is 0 Å². The van der Waals surface area contributed by atoms with Gasteiger partial charge in [0, 0.05) is 44.8 Å². The molecule has 2 aliphatic rings. The van der Waals surface area contributed by atoms with Gasteiger partial charge in [-0.2, -0.15) is 0 Å². The highest BCUT2D eigenvalue weighted by atomic mass is 16.2. The van der Waals surface area contributed by atoms with Crippen molar-refractivity contribution in [3.63, 3.8) is 0 Å². The summed E-state index contributed by atoms with van der Waals surface area (Å²) in [6, 6.07) is 17.9. The molecule has 0 aromatic heterocycles. The van der Waals surface area contributed by atoms with E-state index >= 15 is 0 Å². The van der Waals surface area contributed by atoms with E-state index in [1.165, 1.54) is 5.56 Å². The first-order valence-electron chi connectivity index (χ1n) is 10.5. The lowest BCUT2D eigenvalue weighted by Crippen LogP contribution is -2.44. The van der Waals surface area contributed by atoms with Crippen LogP contribution < -0.4 is 0 Å². The molecular weight excluding hydrogens is 362 g/mol. The second-order valence-corrected chi connectivity index (χ2v) is 8.05. The minimum atomic E-state index is -0.0489. The molecule has 2 aromatic rings. The van der Waals surface area contributed by atoms with E-state index in [9.17, 15) is 9.59 Å². The van der Waals surface area contributed by atoms with Crippen molar-refractivity contribution in [2.24, 2.45) is 0 Å². The van der Waals surface area contributed by atoms with Crippen LogP contribution in [0.25, 0.3) is 0 Å². The molecule has 152 valence electrons. The van der Waals surface area contributed by atoms with E-state index in [0.29, 0.717) is 13.1 Å². The smallest absolute Gasteiger partial charge is 0.254 e. The van der Waals surface area contributed by atoms with Crippen LogP contribution in [0.15, 0.2) is 54.6 Å². The molecule has 4 rings (SSSR count). The average molecular weight is 392 g/mol. The standard InChI is InChI=1S/C24H29N3O2/c1-19-8-5-6-11-21(19)23(28)26-14-7-13-25(16-17-26)22-12-15-27(24(22)29)18-20-9-3-2-4-10-20/h2-6,8-11,22H,7,12-18H2,1H3/t22-/m0/s1. The Bertz CT molecular complexity index is 867. The van der Waals surface area contributed by atoms with Crippen molar-refractivity contribution in [1.82, 2.24) is 14.7 Å². The maximum atomic E-state index is 13.0. The first-order chi connectivity index (χ1) is 14.1. The minimum absolute atomic E-state index is 0.0489. The molecule has 2 heterocycles. The molecular formula is C24H29N3O2. The Labute approximate surface area is 172 Å². The monoisotopic (exact) mass is 391 g/mol. The van der Waals surface area contributed by atoms with Crippen molar-refractivity contribution in [3.8, 4) is 0 Å². The molecule has 5 heteroatoms. The van der Waals surface area contributed by atoms with Crippen LogP contribution in [0, 0.1) is 6.92 Å². The third-order valence-electron chi connectivity index (χ3n) is 6.12. The zero-order valence-corrected chi connectivity index (χ0v) is 17.1. The van der Waals surface area contributed by atoms with Crippen molar-refractivity contribution in [3.05, 3.63) is 71.3 Å². The summed E-state index contributed by atoms with van der Waals surface area (Å²) in [5.41, 5.74) is 2.97. The van der Waals surface area contributed by atoms with E-state index in [1.807, 2.05) is 59.2 Å². The highest BCUT2D eigenvalue weighted by Gasteiger charge is 2.36. The van der Waals surface area contributed by atoms with Crippen molar-refractivity contribution >= 4 is 11.8 Å². The van der Waals surface area contributed by atoms with Crippen LogP contribution in [-0.4, -0.2) is 65.3 Å². The third-order valence-corrected chi connectivity index (χ3v) is 6.12. The van der Waals surface area contributed by atoms with Gasteiger partial charge in [-0.1, -0.05) is 48.5 Å². The molecule has 0 unspecified atom stereocenters. The molecule has 0 bridgehead atoms. The number of hydrogen-bond acceptors (Lipinski definition) is 3. The molecule has 5 nitrogen and oxygen atoms in total. The molecule has 0 aliphatic carbocycles. The normalized spacial score (nSPS) is 20.7. The number of rotatable bonds is 4. The van der Waals surface area contributed by atoms with Crippen LogP contribution in [0.2, 0.25) is 0 Å². The second-order valence-electron chi connectivity index (χ2n) is 8.05. The number of likely N-dealkylation sites (tertiary alicyclic amines) is 1. The number of nitrogens with zero attached hydrogens (tertiary/aromatic N) is 3. The fraction of sp³-hybridized carbons (Fsp3) is 0.417. The Morgan fingerprint density at radius 2 is 1.69 bits per heavy atom. The fourth-order valence-electron chi connectivity index (χ4n) is 4.46. The molecule has 0 N–H and O–H groups in total. The lowest BCUT2D eigenvalue weighted by Gasteiger charge is -2.27. The average Bonchev–Trinajstić information content (AvgIpc) is 2.94. The number of carbonyl (C=O) groups excluding carboxylic acids is 2. The summed E-state index contributed by atoms with van der Waals surface area (Å²) < 4.78 is 0. The van der Waals surface area contributed by atoms with E-state index in [2.05, 4.69) is 17.0 Å². The van der Waals surface area contributed by atoms with Gasteiger partial charge in [-0.15, -0.1) is 0 Å². The van der Waals surface area contributed by atoms with Gasteiger partial charge in [-0.25, -0.2) is 0 Å². The zero-order chi connectivity index (χ0) is 20.2. The number of benzene rings is 2. The summed E-state index contributed by atoms with van der Waals surface area (Å²) in [5, 5.41) is 0. The van der Waals surface area contributed by atoms with E-state index in [0.717, 1.165) is 50.1 Å². The molecule has 0 radical (unpaired) electrons. The summed E-state index contributed by atoms with van der Waals surface area (Å²) >= 11 is 0. The largest absolute Gasteiger partial charge is 0.337 e.